The number of nitrogens with zero attached hydrogens (tertiary/aromatic N) is 3. The number of H-pyrrole nitrogens is 1. The van der Waals surface area contributed by atoms with Crippen LogP contribution < -0.4 is 0 Å². The van der Waals surface area contributed by atoms with Crippen LogP contribution in [0.25, 0.3) is 10.9 Å². The molecule has 7 nitrogen and oxygen atoms in total. The number of thioether (sulfide) groups is 1. The molecule has 0 radical (unpaired) electrons. The Labute approximate surface area is 276 Å². The van der Waals surface area contributed by atoms with Crippen molar-refractivity contribution in [3.63, 3.8) is 0 Å². The molecule has 0 spiro atoms. The SMILES string of the molecule is COCCN1CCN(C(=O)[C@]2(Sc3ccc(C)cc3)CC(=O)N(Cc3ccc(Br)cc3)[C@H]2c2c[nH]c3cc(Cl)ccc23)CC1. The van der Waals surface area contributed by atoms with Gasteiger partial charge >= 0.3 is 0 Å². The number of likely N-dealkylation sites (tertiary alicyclic amines) is 1. The summed E-state index contributed by atoms with van der Waals surface area (Å²) in [4.78, 5) is 39.8. The van der Waals surface area contributed by atoms with Crippen molar-refractivity contribution in [3.05, 3.63) is 99.1 Å². The summed E-state index contributed by atoms with van der Waals surface area (Å²) in [7, 11) is 1.71. The monoisotopic (exact) mass is 694 g/mol. The van der Waals surface area contributed by atoms with Crippen LogP contribution >= 0.6 is 39.3 Å². The fraction of sp³-hybridized carbons (Fsp3) is 0.353. The summed E-state index contributed by atoms with van der Waals surface area (Å²) in [6.45, 7) is 6.70. The highest BCUT2D eigenvalue weighted by Gasteiger charge is 2.59. The van der Waals surface area contributed by atoms with Crippen LogP contribution in [0.4, 0.5) is 0 Å². The number of amides is 2. The van der Waals surface area contributed by atoms with Crippen LogP contribution in [0.15, 0.2) is 82.3 Å². The van der Waals surface area contributed by atoms with E-state index in [1.807, 2.05) is 58.5 Å². The second kappa shape index (κ2) is 13.3. The van der Waals surface area contributed by atoms with E-state index in [0.29, 0.717) is 31.3 Å². The van der Waals surface area contributed by atoms with Gasteiger partial charge < -0.3 is 19.5 Å². The minimum absolute atomic E-state index is 0.00874. The van der Waals surface area contributed by atoms with Gasteiger partial charge in [-0.25, -0.2) is 0 Å². The van der Waals surface area contributed by atoms with Gasteiger partial charge in [0.1, 0.15) is 4.75 Å². The lowest BCUT2D eigenvalue weighted by atomic mass is 9.90. The number of carbonyl (C=O) groups excluding carboxylic acids is 2. The van der Waals surface area contributed by atoms with Crippen LogP contribution in [0.1, 0.15) is 29.2 Å². The van der Waals surface area contributed by atoms with Crippen molar-refractivity contribution in [2.75, 3.05) is 46.4 Å². The average molecular weight is 696 g/mol. The smallest absolute Gasteiger partial charge is 0.242 e. The Morgan fingerprint density at radius 3 is 2.50 bits per heavy atom. The standard InChI is InChI=1S/C34H36BrClN4O3S/c1-23-3-10-27(11-4-23)44-34(33(42)39-15-13-38(14-16-39)17-18-43-2)20-31(41)40(22-24-5-7-25(35)8-6-24)32(34)29-21-37-30-19-26(36)9-12-28(29)30/h3-12,19,21,32,37H,13-18,20,22H2,1-2H3/t32-,34-/m0/s1. The highest BCUT2D eigenvalue weighted by Crippen LogP contribution is 2.55. The molecular formula is C34H36BrClN4O3S. The molecule has 2 atom stereocenters. The van der Waals surface area contributed by atoms with Gasteiger partial charge in [0.15, 0.2) is 0 Å². The highest BCUT2D eigenvalue weighted by atomic mass is 79.9. The van der Waals surface area contributed by atoms with Gasteiger partial charge in [-0.3, -0.25) is 14.5 Å². The van der Waals surface area contributed by atoms with E-state index in [1.54, 1.807) is 7.11 Å². The Morgan fingerprint density at radius 2 is 1.80 bits per heavy atom. The Kier molecular flexibility index (Phi) is 9.40. The van der Waals surface area contributed by atoms with Gasteiger partial charge in [-0.1, -0.05) is 63.4 Å². The Bertz CT molecular complexity index is 1640. The zero-order chi connectivity index (χ0) is 30.8. The second-order valence-electron chi connectivity index (χ2n) is 11.6. The molecule has 2 aliphatic heterocycles. The number of nitrogens with one attached hydrogen (secondary N) is 1. The molecule has 1 N–H and O–H groups in total. The topological polar surface area (TPSA) is 68.9 Å². The first-order chi connectivity index (χ1) is 21.3. The highest BCUT2D eigenvalue weighted by molar-refractivity contribution is 9.10. The molecule has 0 unspecified atom stereocenters. The maximum absolute atomic E-state index is 15.0. The number of hydrogen-bond acceptors (Lipinski definition) is 5. The van der Waals surface area contributed by atoms with E-state index in [0.717, 1.165) is 56.6 Å². The summed E-state index contributed by atoms with van der Waals surface area (Å²) >= 11 is 11.4. The molecular weight excluding hydrogens is 660 g/mol. The van der Waals surface area contributed by atoms with E-state index < -0.39 is 10.8 Å². The molecule has 0 saturated carbocycles. The normalized spacial score (nSPS) is 21.0. The summed E-state index contributed by atoms with van der Waals surface area (Å²) in [5.41, 5.74) is 3.95. The molecule has 4 aromatic rings. The summed E-state index contributed by atoms with van der Waals surface area (Å²) in [6.07, 6.45) is 2.06. The van der Waals surface area contributed by atoms with Crippen LogP contribution in [-0.2, 0) is 20.9 Å². The summed E-state index contributed by atoms with van der Waals surface area (Å²) in [6, 6.07) is 21.5. The Hall–Kier alpha value is -2.82. The van der Waals surface area contributed by atoms with E-state index in [-0.39, 0.29) is 18.2 Å². The number of carbonyl (C=O) groups is 2. The van der Waals surface area contributed by atoms with Gasteiger partial charge in [0, 0.05) is 83.4 Å². The third-order valence-electron chi connectivity index (χ3n) is 8.68. The van der Waals surface area contributed by atoms with Crippen molar-refractivity contribution in [3.8, 4) is 0 Å². The maximum atomic E-state index is 15.0. The number of aromatic nitrogens is 1. The van der Waals surface area contributed by atoms with Gasteiger partial charge in [0.25, 0.3) is 0 Å². The van der Waals surface area contributed by atoms with E-state index in [9.17, 15) is 4.79 Å². The maximum Gasteiger partial charge on any atom is 0.242 e. The molecule has 230 valence electrons. The van der Waals surface area contributed by atoms with E-state index in [1.165, 1.54) is 11.8 Å². The lowest BCUT2D eigenvalue weighted by Crippen LogP contribution is -2.56. The first kappa shape index (κ1) is 31.2. The number of hydrogen-bond donors (Lipinski definition) is 1. The molecule has 0 bridgehead atoms. The lowest BCUT2D eigenvalue weighted by Gasteiger charge is -2.42. The van der Waals surface area contributed by atoms with Crippen molar-refractivity contribution in [1.29, 1.82) is 0 Å². The summed E-state index contributed by atoms with van der Waals surface area (Å²) < 4.78 is 5.18. The molecule has 44 heavy (non-hydrogen) atoms. The number of fused-ring (bicyclic) bond motifs is 1. The molecule has 1 aromatic heterocycles. The number of piperazine rings is 1. The van der Waals surface area contributed by atoms with E-state index >= 15 is 4.79 Å². The largest absolute Gasteiger partial charge is 0.383 e. The summed E-state index contributed by atoms with van der Waals surface area (Å²) in [5, 5.41) is 1.59. The molecule has 0 aliphatic carbocycles. The number of aryl methyl sites for hydroxylation is 1. The zero-order valence-electron chi connectivity index (χ0n) is 24.9. The van der Waals surface area contributed by atoms with Crippen LogP contribution in [0.5, 0.6) is 0 Å². The molecule has 3 aromatic carbocycles. The molecule has 10 heteroatoms. The molecule has 2 fully saturated rings. The number of ether oxygens (including phenoxy) is 1. The van der Waals surface area contributed by atoms with Crippen LogP contribution in [0, 0.1) is 6.92 Å². The fourth-order valence-corrected chi connectivity index (χ4v) is 8.27. The third kappa shape index (κ3) is 6.30. The van der Waals surface area contributed by atoms with Gasteiger partial charge in [-0.2, -0.15) is 0 Å². The third-order valence-corrected chi connectivity index (χ3v) is 10.9. The van der Waals surface area contributed by atoms with Crippen molar-refractivity contribution in [2.24, 2.45) is 0 Å². The quantitative estimate of drug-likeness (QED) is 0.212. The van der Waals surface area contributed by atoms with Crippen LogP contribution in [0.3, 0.4) is 0 Å². The Balaban J connectivity index is 1.46. The number of methoxy groups -OCH3 is 1. The Morgan fingerprint density at radius 1 is 1.07 bits per heavy atom. The van der Waals surface area contributed by atoms with Crippen LogP contribution in [0.2, 0.25) is 5.02 Å². The predicted molar refractivity (Wildman–Crippen MR) is 180 cm³/mol. The number of halogens is 2. The van der Waals surface area contributed by atoms with Crippen molar-refractivity contribution in [1.82, 2.24) is 19.7 Å². The van der Waals surface area contributed by atoms with Gasteiger partial charge in [-0.05, 0) is 48.9 Å². The van der Waals surface area contributed by atoms with Crippen molar-refractivity contribution in [2.45, 2.75) is 35.6 Å². The molecule has 2 saturated heterocycles. The molecule has 6 rings (SSSR count). The zero-order valence-corrected chi connectivity index (χ0v) is 28.1. The van der Waals surface area contributed by atoms with Crippen LogP contribution in [-0.4, -0.2) is 82.7 Å². The van der Waals surface area contributed by atoms with E-state index in [4.69, 9.17) is 16.3 Å². The van der Waals surface area contributed by atoms with E-state index in [2.05, 4.69) is 57.0 Å². The first-order valence-corrected chi connectivity index (χ1v) is 16.8. The molecule has 3 heterocycles. The first-order valence-electron chi connectivity index (χ1n) is 14.8. The average Bonchev–Trinajstić information content (AvgIpc) is 3.55. The number of benzene rings is 3. The molecule has 2 aliphatic rings. The minimum Gasteiger partial charge on any atom is -0.383 e. The summed E-state index contributed by atoms with van der Waals surface area (Å²) in [5.74, 6) is -0.0256. The minimum atomic E-state index is -1.08. The molecule has 2 amide bonds. The fourth-order valence-electron chi connectivity index (χ4n) is 6.36. The number of aromatic amines is 1. The van der Waals surface area contributed by atoms with Gasteiger partial charge in [0.05, 0.1) is 19.1 Å². The lowest BCUT2D eigenvalue weighted by molar-refractivity contribution is -0.136. The van der Waals surface area contributed by atoms with Crippen molar-refractivity contribution < 1.29 is 14.3 Å². The second-order valence-corrected chi connectivity index (χ2v) is 14.3. The van der Waals surface area contributed by atoms with Gasteiger partial charge in [0.2, 0.25) is 11.8 Å². The van der Waals surface area contributed by atoms with Gasteiger partial charge in [-0.15, -0.1) is 11.8 Å². The number of rotatable bonds is 9. The van der Waals surface area contributed by atoms with Crippen molar-refractivity contribution >= 4 is 62.0 Å². The predicted octanol–water partition coefficient (Wildman–Crippen LogP) is 6.69.